The molecule has 0 aromatic heterocycles. The summed E-state index contributed by atoms with van der Waals surface area (Å²) in [7, 11) is 0. The molecule has 17 heavy (non-hydrogen) atoms. The first-order chi connectivity index (χ1) is 8.04. The lowest BCUT2D eigenvalue weighted by Crippen LogP contribution is -2.41. The molecule has 1 aliphatic rings. The van der Waals surface area contributed by atoms with Crippen molar-refractivity contribution in [3.63, 3.8) is 0 Å². The fourth-order valence-corrected chi connectivity index (χ4v) is 2.25. The fraction of sp³-hybridized carbons (Fsp3) is 0.545. The van der Waals surface area contributed by atoms with Crippen LogP contribution in [-0.2, 0) is 24.0 Å². The van der Waals surface area contributed by atoms with Gasteiger partial charge in [-0.15, -0.1) is 0 Å². The van der Waals surface area contributed by atoms with Crippen molar-refractivity contribution in [2.75, 3.05) is 0 Å². The average molecular weight is 240 g/mol. The molecule has 1 fully saturated rings. The lowest BCUT2D eigenvalue weighted by atomic mass is 9.68. The lowest BCUT2D eigenvalue weighted by molar-refractivity contribution is -0.152. The summed E-state index contributed by atoms with van der Waals surface area (Å²) in [5.74, 6) is -5.49. The second-order valence-corrected chi connectivity index (χ2v) is 4.14. The Balaban J connectivity index is 2.98. The van der Waals surface area contributed by atoms with E-state index in [1.54, 1.807) is 0 Å². The van der Waals surface area contributed by atoms with Crippen molar-refractivity contribution >= 4 is 30.6 Å². The van der Waals surface area contributed by atoms with Crippen LogP contribution in [0.5, 0.6) is 0 Å². The Morgan fingerprint density at radius 1 is 0.941 bits per heavy atom. The van der Waals surface area contributed by atoms with E-state index in [1.807, 2.05) is 0 Å². The summed E-state index contributed by atoms with van der Waals surface area (Å²) < 4.78 is 0. The number of hydrogen-bond donors (Lipinski definition) is 1. The van der Waals surface area contributed by atoms with E-state index in [2.05, 4.69) is 0 Å². The highest BCUT2D eigenvalue weighted by atomic mass is 16.4. The maximum atomic E-state index is 11.3. The monoisotopic (exact) mass is 240 g/mol. The molecule has 6 nitrogen and oxygen atoms in total. The molecule has 1 N–H and O–H groups in total. The predicted molar refractivity (Wildman–Crippen MR) is 54.0 cm³/mol. The quantitative estimate of drug-likeness (QED) is 0.512. The first kappa shape index (κ1) is 13.2. The van der Waals surface area contributed by atoms with Crippen LogP contribution in [0.3, 0.4) is 0 Å². The number of carboxylic acid groups (broad SMARTS) is 1. The van der Waals surface area contributed by atoms with Crippen LogP contribution in [0, 0.1) is 23.7 Å². The highest BCUT2D eigenvalue weighted by Crippen LogP contribution is 2.36. The molecule has 0 heterocycles. The van der Waals surface area contributed by atoms with E-state index in [1.165, 1.54) is 0 Å². The van der Waals surface area contributed by atoms with Crippen molar-refractivity contribution in [1.82, 2.24) is 0 Å². The minimum absolute atomic E-state index is 0.0541. The molecule has 6 heteroatoms. The van der Waals surface area contributed by atoms with Crippen LogP contribution in [0.1, 0.15) is 12.8 Å². The number of Topliss-reactive ketones (excluding diaryl/α,β-unsaturated/α-hetero) is 1. The van der Waals surface area contributed by atoms with Crippen molar-refractivity contribution < 1.29 is 29.1 Å². The van der Waals surface area contributed by atoms with E-state index in [9.17, 15) is 24.0 Å². The zero-order valence-corrected chi connectivity index (χ0v) is 8.94. The normalized spacial score (nSPS) is 32.5. The van der Waals surface area contributed by atoms with Crippen LogP contribution in [-0.4, -0.2) is 35.7 Å². The molecule has 0 aromatic rings. The molecule has 0 aromatic carbocycles. The van der Waals surface area contributed by atoms with Gasteiger partial charge in [0.1, 0.15) is 12.6 Å². The maximum absolute atomic E-state index is 11.3. The van der Waals surface area contributed by atoms with Crippen molar-refractivity contribution in [2.24, 2.45) is 23.7 Å². The maximum Gasteiger partial charge on any atom is 0.307 e. The summed E-state index contributed by atoms with van der Waals surface area (Å²) in [5.41, 5.74) is 0. The number of carboxylic acids is 1. The Kier molecular flexibility index (Phi) is 4.25. The number of carbonyl (C=O) groups excluding carboxylic acids is 4. The van der Waals surface area contributed by atoms with Crippen molar-refractivity contribution in [3.05, 3.63) is 0 Å². The molecule has 1 aliphatic carbocycles. The lowest BCUT2D eigenvalue weighted by Gasteiger charge is -2.33. The number of aliphatic carboxylic acids is 1. The summed E-state index contributed by atoms with van der Waals surface area (Å²) in [6, 6.07) is 0. The van der Waals surface area contributed by atoms with Gasteiger partial charge in [0.15, 0.2) is 12.1 Å². The summed E-state index contributed by atoms with van der Waals surface area (Å²) in [4.78, 5) is 54.2. The zero-order valence-electron chi connectivity index (χ0n) is 8.94. The largest absolute Gasteiger partial charge is 0.481 e. The Bertz CT molecular complexity index is 361. The first-order valence-corrected chi connectivity index (χ1v) is 5.17. The number of aldehydes is 3. The smallest absolute Gasteiger partial charge is 0.307 e. The van der Waals surface area contributed by atoms with Gasteiger partial charge in [0.25, 0.3) is 0 Å². The van der Waals surface area contributed by atoms with Crippen molar-refractivity contribution in [1.29, 1.82) is 0 Å². The molecule has 1 saturated carbocycles. The minimum atomic E-state index is -1.22. The van der Waals surface area contributed by atoms with Gasteiger partial charge >= 0.3 is 5.97 Å². The molecule has 0 radical (unpaired) electrons. The molecule has 0 aliphatic heterocycles. The van der Waals surface area contributed by atoms with Crippen LogP contribution in [0.2, 0.25) is 0 Å². The van der Waals surface area contributed by atoms with Gasteiger partial charge in [-0.3, -0.25) is 14.4 Å². The van der Waals surface area contributed by atoms with E-state index in [0.29, 0.717) is 12.6 Å². The van der Waals surface area contributed by atoms with Gasteiger partial charge in [-0.25, -0.2) is 0 Å². The van der Waals surface area contributed by atoms with E-state index in [4.69, 9.17) is 5.11 Å². The molecule has 4 atom stereocenters. The number of carbonyl (C=O) groups is 5. The summed E-state index contributed by atoms with van der Waals surface area (Å²) in [6.07, 6.45) is 1.02. The third kappa shape index (κ3) is 2.64. The van der Waals surface area contributed by atoms with E-state index >= 15 is 0 Å². The molecule has 0 bridgehead atoms. The van der Waals surface area contributed by atoms with Gasteiger partial charge in [-0.05, 0) is 12.8 Å². The summed E-state index contributed by atoms with van der Waals surface area (Å²) in [5, 5.41) is 8.95. The number of hydrogen-bond acceptors (Lipinski definition) is 5. The van der Waals surface area contributed by atoms with Gasteiger partial charge in [-0.2, -0.15) is 0 Å². The Morgan fingerprint density at radius 3 is 1.76 bits per heavy atom. The van der Waals surface area contributed by atoms with E-state index in [0.717, 1.165) is 0 Å². The average Bonchev–Trinajstić information content (AvgIpc) is 2.35. The van der Waals surface area contributed by atoms with Gasteiger partial charge in [-0.1, -0.05) is 0 Å². The van der Waals surface area contributed by atoms with Crippen molar-refractivity contribution in [2.45, 2.75) is 12.8 Å². The SMILES string of the molecule is O=CC(=O)C1CC(C=O)C(C=O)CC1C(=O)O. The van der Waals surface area contributed by atoms with Crippen LogP contribution in [0.25, 0.3) is 0 Å². The highest BCUT2D eigenvalue weighted by molar-refractivity contribution is 6.26. The van der Waals surface area contributed by atoms with Crippen molar-refractivity contribution in [3.8, 4) is 0 Å². The Hall–Kier alpha value is -1.85. The van der Waals surface area contributed by atoms with Gasteiger partial charge in [0.2, 0.25) is 0 Å². The molecule has 0 saturated heterocycles. The zero-order chi connectivity index (χ0) is 13.0. The number of ketones is 1. The van der Waals surface area contributed by atoms with E-state index < -0.39 is 35.4 Å². The van der Waals surface area contributed by atoms with Crippen LogP contribution >= 0.6 is 0 Å². The van der Waals surface area contributed by atoms with E-state index in [-0.39, 0.29) is 19.1 Å². The van der Waals surface area contributed by atoms with Gasteiger partial charge < -0.3 is 14.7 Å². The van der Waals surface area contributed by atoms with Crippen LogP contribution in [0.4, 0.5) is 0 Å². The Morgan fingerprint density at radius 2 is 1.41 bits per heavy atom. The topological polar surface area (TPSA) is 106 Å². The first-order valence-electron chi connectivity index (χ1n) is 5.17. The molecule has 0 amide bonds. The third-order valence-corrected chi connectivity index (χ3v) is 3.24. The molecule has 1 rings (SSSR count). The third-order valence-electron chi connectivity index (χ3n) is 3.24. The molecule has 4 unspecified atom stereocenters. The molecule has 0 spiro atoms. The van der Waals surface area contributed by atoms with Crippen LogP contribution in [0.15, 0.2) is 0 Å². The minimum Gasteiger partial charge on any atom is -0.481 e. The van der Waals surface area contributed by atoms with Gasteiger partial charge in [0.05, 0.1) is 5.92 Å². The molecule has 92 valence electrons. The standard InChI is InChI=1S/C11H12O6/c12-3-6-1-8(10(15)5-14)9(11(16)17)2-7(6)4-13/h3-9H,1-2H2,(H,16,17). The number of rotatable bonds is 5. The van der Waals surface area contributed by atoms with Gasteiger partial charge in [0, 0.05) is 17.8 Å². The highest BCUT2D eigenvalue weighted by Gasteiger charge is 2.43. The second-order valence-electron chi connectivity index (χ2n) is 4.14. The summed E-state index contributed by atoms with van der Waals surface area (Å²) in [6.45, 7) is 0. The predicted octanol–water partition coefficient (Wildman–Crippen LogP) is -0.505. The molecular weight excluding hydrogens is 228 g/mol. The molecular formula is C11H12O6. The fourth-order valence-electron chi connectivity index (χ4n) is 2.25. The summed E-state index contributed by atoms with van der Waals surface area (Å²) >= 11 is 0. The Labute approximate surface area is 97.0 Å². The second kappa shape index (κ2) is 5.47. The van der Waals surface area contributed by atoms with Crippen LogP contribution < -0.4 is 0 Å².